The van der Waals surface area contributed by atoms with Crippen molar-refractivity contribution in [3.8, 4) is 0 Å². The van der Waals surface area contributed by atoms with Crippen LogP contribution in [0.2, 0.25) is 4.47 Å². The summed E-state index contributed by atoms with van der Waals surface area (Å²) < 4.78 is 0.538. The van der Waals surface area contributed by atoms with Gasteiger partial charge in [-0.2, -0.15) is 0 Å². The third-order valence-electron chi connectivity index (χ3n) is 2.82. The first kappa shape index (κ1) is 10.4. The van der Waals surface area contributed by atoms with E-state index >= 15 is 0 Å². The van der Waals surface area contributed by atoms with Crippen LogP contribution in [0.3, 0.4) is 0 Å². The van der Waals surface area contributed by atoms with Gasteiger partial charge in [-0.25, -0.2) is 4.98 Å². The highest BCUT2D eigenvalue weighted by Gasteiger charge is 2.34. The van der Waals surface area contributed by atoms with Crippen molar-refractivity contribution in [1.82, 2.24) is 4.98 Å². The van der Waals surface area contributed by atoms with Crippen molar-refractivity contribution in [1.29, 1.82) is 0 Å². The second-order valence-corrected chi connectivity index (χ2v) is 5.48. The van der Waals surface area contributed by atoms with Gasteiger partial charge >= 0.3 is 0 Å². The molecule has 0 aromatic carbocycles. The molecular weight excluding hydrogens is 220 g/mol. The Morgan fingerprint density at radius 1 is 1.57 bits per heavy atom. The second kappa shape index (κ2) is 3.77. The van der Waals surface area contributed by atoms with Crippen LogP contribution in [0.4, 0.5) is 0 Å². The maximum absolute atomic E-state index is 9.40. The lowest BCUT2D eigenvalue weighted by Gasteiger charge is -2.34. The molecule has 3 N–H and O–H groups in total. The Kier molecular flexibility index (Phi) is 2.79. The molecule has 2 rings (SSSR count). The van der Waals surface area contributed by atoms with Crippen molar-refractivity contribution in [3.05, 3.63) is 15.5 Å². The largest absolute Gasteiger partial charge is 0.393 e. The molecule has 1 fully saturated rings. The zero-order chi connectivity index (χ0) is 10.2. The minimum absolute atomic E-state index is 0.185. The molecule has 0 atom stereocenters. The summed E-state index contributed by atoms with van der Waals surface area (Å²) >= 11 is 7.21. The fourth-order valence-corrected chi connectivity index (χ4v) is 2.94. The van der Waals surface area contributed by atoms with Gasteiger partial charge in [0.05, 0.1) is 11.6 Å². The number of nitrogens with zero attached hydrogens (tertiary/aromatic N) is 1. The van der Waals surface area contributed by atoms with Crippen LogP contribution < -0.4 is 5.73 Å². The molecule has 1 aliphatic carbocycles. The number of hydrogen-bond donors (Lipinski definition) is 2. The molecule has 3 nitrogen and oxygen atoms in total. The van der Waals surface area contributed by atoms with Crippen LogP contribution in [0, 0.1) is 0 Å². The van der Waals surface area contributed by atoms with Gasteiger partial charge in [0, 0.05) is 11.1 Å². The van der Waals surface area contributed by atoms with E-state index in [1.807, 2.05) is 0 Å². The van der Waals surface area contributed by atoms with Crippen LogP contribution in [-0.2, 0) is 5.54 Å². The third-order valence-corrected chi connectivity index (χ3v) is 4.15. The van der Waals surface area contributed by atoms with Gasteiger partial charge in [-0.15, -0.1) is 11.3 Å². The first-order valence-corrected chi connectivity index (χ1v) is 5.88. The molecule has 0 saturated heterocycles. The van der Waals surface area contributed by atoms with E-state index in [0.717, 1.165) is 30.6 Å². The molecule has 1 aromatic rings. The molecule has 0 unspecified atom stereocenters. The highest BCUT2D eigenvalue weighted by atomic mass is 35.5. The predicted octanol–water partition coefficient (Wildman–Crippen LogP) is 1.89. The monoisotopic (exact) mass is 232 g/mol. The molecule has 14 heavy (non-hydrogen) atoms. The lowest BCUT2D eigenvalue weighted by Crippen LogP contribution is -2.40. The maximum Gasteiger partial charge on any atom is 0.183 e. The van der Waals surface area contributed by atoms with Gasteiger partial charge in [-0.1, -0.05) is 11.6 Å². The van der Waals surface area contributed by atoms with E-state index in [-0.39, 0.29) is 11.6 Å². The topological polar surface area (TPSA) is 59.1 Å². The molecular formula is C9H13ClN2OS. The lowest BCUT2D eigenvalue weighted by atomic mass is 9.80. The first-order valence-electron chi connectivity index (χ1n) is 4.69. The van der Waals surface area contributed by atoms with Crippen LogP contribution in [-0.4, -0.2) is 16.2 Å². The van der Waals surface area contributed by atoms with E-state index in [1.165, 1.54) is 11.3 Å². The van der Waals surface area contributed by atoms with E-state index in [0.29, 0.717) is 4.47 Å². The van der Waals surface area contributed by atoms with Crippen molar-refractivity contribution in [2.24, 2.45) is 5.73 Å². The fraction of sp³-hybridized carbons (Fsp3) is 0.667. The zero-order valence-electron chi connectivity index (χ0n) is 7.74. The molecule has 78 valence electrons. The SMILES string of the molecule is NC1(c2cnc(Cl)s2)CCC(O)CC1. The van der Waals surface area contributed by atoms with Crippen LogP contribution in [0.5, 0.6) is 0 Å². The molecule has 0 amide bonds. The predicted molar refractivity (Wildman–Crippen MR) is 57.5 cm³/mol. The zero-order valence-corrected chi connectivity index (χ0v) is 9.31. The van der Waals surface area contributed by atoms with Gasteiger partial charge in [0.15, 0.2) is 4.47 Å². The standard InChI is InChI=1S/C9H13ClN2OS/c10-8-12-5-7(14-8)9(11)3-1-6(13)2-4-9/h5-6,13H,1-4,11H2. The molecule has 5 heteroatoms. The second-order valence-electron chi connectivity index (χ2n) is 3.86. The summed E-state index contributed by atoms with van der Waals surface area (Å²) in [6, 6.07) is 0. The quantitative estimate of drug-likeness (QED) is 0.778. The van der Waals surface area contributed by atoms with E-state index < -0.39 is 0 Å². The molecule has 0 bridgehead atoms. The van der Waals surface area contributed by atoms with Gasteiger partial charge in [0.2, 0.25) is 0 Å². The number of hydrogen-bond acceptors (Lipinski definition) is 4. The molecule has 1 heterocycles. The highest BCUT2D eigenvalue weighted by Crippen LogP contribution is 2.38. The normalized spacial score (nSPS) is 33.2. The molecule has 1 aromatic heterocycles. The van der Waals surface area contributed by atoms with E-state index in [2.05, 4.69) is 4.98 Å². The molecule has 1 saturated carbocycles. The Labute approximate surface area is 91.9 Å². The van der Waals surface area contributed by atoms with E-state index in [4.69, 9.17) is 17.3 Å². The molecule has 1 aliphatic rings. The third kappa shape index (κ3) is 1.93. The number of aliphatic hydroxyl groups excluding tert-OH is 1. The average molecular weight is 233 g/mol. The van der Waals surface area contributed by atoms with Crippen LogP contribution in [0.15, 0.2) is 6.20 Å². The summed E-state index contributed by atoms with van der Waals surface area (Å²) in [7, 11) is 0. The van der Waals surface area contributed by atoms with Crippen LogP contribution in [0.25, 0.3) is 0 Å². The Hall–Kier alpha value is -0.160. The van der Waals surface area contributed by atoms with Crippen LogP contribution >= 0.6 is 22.9 Å². The van der Waals surface area contributed by atoms with Gasteiger partial charge in [-0.05, 0) is 25.7 Å². The number of aromatic nitrogens is 1. The minimum Gasteiger partial charge on any atom is -0.393 e. The van der Waals surface area contributed by atoms with Crippen LogP contribution in [0.1, 0.15) is 30.6 Å². The van der Waals surface area contributed by atoms with Gasteiger partial charge in [-0.3, -0.25) is 0 Å². The van der Waals surface area contributed by atoms with E-state index in [9.17, 15) is 5.11 Å². The Balaban J connectivity index is 2.16. The average Bonchev–Trinajstić information content (AvgIpc) is 2.58. The van der Waals surface area contributed by atoms with Gasteiger partial charge < -0.3 is 10.8 Å². The number of halogens is 1. The molecule has 0 spiro atoms. The fourth-order valence-electron chi connectivity index (χ4n) is 1.85. The summed E-state index contributed by atoms with van der Waals surface area (Å²) in [4.78, 5) is 5.03. The number of nitrogens with two attached hydrogens (primary N) is 1. The summed E-state index contributed by atoms with van der Waals surface area (Å²) in [5.74, 6) is 0. The lowest BCUT2D eigenvalue weighted by molar-refractivity contribution is 0.0979. The summed E-state index contributed by atoms with van der Waals surface area (Å²) in [5, 5.41) is 9.40. The van der Waals surface area contributed by atoms with Crippen molar-refractivity contribution in [3.63, 3.8) is 0 Å². The summed E-state index contributed by atoms with van der Waals surface area (Å²) in [6.45, 7) is 0. The number of rotatable bonds is 1. The number of thiazole rings is 1. The number of aliphatic hydroxyl groups is 1. The summed E-state index contributed by atoms with van der Waals surface area (Å²) in [6.07, 6.45) is 4.73. The van der Waals surface area contributed by atoms with Crippen molar-refractivity contribution >= 4 is 22.9 Å². The smallest absolute Gasteiger partial charge is 0.183 e. The Morgan fingerprint density at radius 2 is 2.21 bits per heavy atom. The maximum atomic E-state index is 9.40. The summed E-state index contributed by atoms with van der Waals surface area (Å²) in [5.41, 5.74) is 5.94. The van der Waals surface area contributed by atoms with Gasteiger partial charge in [0.1, 0.15) is 0 Å². The van der Waals surface area contributed by atoms with E-state index in [1.54, 1.807) is 6.20 Å². The molecule has 0 radical (unpaired) electrons. The highest BCUT2D eigenvalue weighted by molar-refractivity contribution is 7.15. The van der Waals surface area contributed by atoms with Crippen molar-refractivity contribution in [2.75, 3.05) is 0 Å². The first-order chi connectivity index (χ1) is 6.60. The van der Waals surface area contributed by atoms with Crippen molar-refractivity contribution < 1.29 is 5.11 Å². The van der Waals surface area contributed by atoms with Crippen molar-refractivity contribution in [2.45, 2.75) is 37.3 Å². The van der Waals surface area contributed by atoms with Gasteiger partial charge in [0.25, 0.3) is 0 Å². The Morgan fingerprint density at radius 3 is 2.71 bits per heavy atom. The Bertz CT molecular complexity index is 320. The minimum atomic E-state index is -0.315. The molecule has 0 aliphatic heterocycles.